The molecule has 0 unspecified atom stereocenters. The lowest BCUT2D eigenvalue weighted by Gasteiger charge is -2.32. The van der Waals surface area contributed by atoms with Crippen molar-refractivity contribution >= 4 is 23.2 Å². The van der Waals surface area contributed by atoms with Gasteiger partial charge in [-0.2, -0.15) is 5.10 Å². The topological polar surface area (TPSA) is 99.6 Å². The van der Waals surface area contributed by atoms with Crippen molar-refractivity contribution in [2.45, 2.75) is 26.7 Å². The van der Waals surface area contributed by atoms with E-state index < -0.39 is 0 Å². The lowest BCUT2D eigenvalue weighted by Crippen LogP contribution is -2.39. The molecule has 9 heteroatoms. The monoisotopic (exact) mass is 454 g/mol. The van der Waals surface area contributed by atoms with Gasteiger partial charge >= 0.3 is 0 Å². The molecule has 0 saturated carbocycles. The molecule has 0 atom stereocenters. The number of anilines is 2. The van der Waals surface area contributed by atoms with Crippen LogP contribution in [0.15, 0.2) is 41.3 Å². The smallest absolute Gasteiger partial charge is 0.268 e. The highest BCUT2D eigenvalue weighted by atomic mass is 16.2. The first-order valence-corrected chi connectivity index (χ1v) is 11.6. The number of amides is 2. The third kappa shape index (κ3) is 6.64. The van der Waals surface area contributed by atoms with Crippen molar-refractivity contribution in [3.05, 3.63) is 52.4 Å². The van der Waals surface area contributed by atoms with Crippen LogP contribution in [-0.4, -0.2) is 65.8 Å². The number of benzene rings is 1. The van der Waals surface area contributed by atoms with Crippen LogP contribution >= 0.6 is 0 Å². The number of carbonyl (C=O) groups is 2. The van der Waals surface area contributed by atoms with Crippen LogP contribution in [0.3, 0.4) is 0 Å². The number of nitrogens with zero attached hydrogens (tertiary/aromatic N) is 4. The fourth-order valence-corrected chi connectivity index (χ4v) is 3.95. The zero-order chi connectivity index (χ0) is 23.8. The molecule has 33 heavy (non-hydrogen) atoms. The largest absolute Gasteiger partial charge is 0.370 e. The highest BCUT2D eigenvalue weighted by molar-refractivity contribution is 5.96. The predicted molar refractivity (Wildman–Crippen MR) is 130 cm³/mol. The molecule has 2 heterocycles. The van der Waals surface area contributed by atoms with Gasteiger partial charge < -0.3 is 20.4 Å². The Hall–Kier alpha value is -3.20. The van der Waals surface area contributed by atoms with E-state index in [1.54, 1.807) is 43.6 Å². The standard InChI is InChI=1S/C24H34N6O3/c1-4-29(5-2)15-12-25-23(32)18-6-8-20(9-7-18)27-24(33)19-10-13-30(14-11-19)21-16-22(31)28(3)26-17-21/h6-9,16-17,19H,4-5,10-15H2,1-3H3,(H,25,32)(H,27,33). The molecule has 1 saturated heterocycles. The molecule has 0 bridgehead atoms. The van der Waals surface area contributed by atoms with Gasteiger partial charge in [0.2, 0.25) is 5.91 Å². The summed E-state index contributed by atoms with van der Waals surface area (Å²) in [5.74, 6) is -0.227. The number of carbonyl (C=O) groups excluding carboxylic acids is 2. The van der Waals surface area contributed by atoms with Gasteiger partial charge in [-0.15, -0.1) is 0 Å². The van der Waals surface area contributed by atoms with Crippen molar-refractivity contribution in [2.24, 2.45) is 13.0 Å². The average Bonchev–Trinajstić information content (AvgIpc) is 2.84. The van der Waals surface area contributed by atoms with Gasteiger partial charge in [0.1, 0.15) is 0 Å². The Morgan fingerprint density at radius 3 is 2.39 bits per heavy atom. The Morgan fingerprint density at radius 2 is 1.79 bits per heavy atom. The van der Waals surface area contributed by atoms with Crippen LogP contribution in [0.25, 0.3) is 0 Å². The first kappa shape index (κ1) is 24.4. The van der Waals surface area contributed by atoms with E-state index in [2.05, 4.69) is 39.4 Å². The number of nitrogens with one attached hydrogen (secondary N) is 2. The van der Waals surface area contributed by atoms with Crippen LogP contribution in [0.5, 0.6) is 0 Å². The molecule has 0 aliphatic carbocycles. The summed E-state index contributed by atoms with van der Waals surface area (Å²) in [5, 5.41) is 9.96. The number of likely N-dealkylation sites (N-methyl/N-ethyl adjacent to an activating group) is 1. The summed E-state index contributed by atoms with van der Waals surface area (Å²) in [6.45, 7) is 8.94. The maximum atomic E-state index is 12.7. The predicted octanol–water partition coefficient (Wildman–Crippen LogP) is 1.71. The molecule has 2 aromatic rings. The number of aryl methyl sites for hydroxylation is 1. The van der Waals surface area contributed by atoms with E-state index in [1.807, 2.05) is 0 Å². The second-order valence-corrected chi connectivity index (χ2v) is 8.29. The van der Waals surface area contributed by atoms with E-state index in [-0.39, 0.29) is 23.3 Å². The number of aromatic nitrogens is 2. The number of hydrogen-bond acceptors (Lipinski definition) is 6. The first-order chi connectivity index (χ1) is 15.9. The summed E-state index contributed by atoms with van der Waals surface area (Å²) in [6.07, 6.45) is 3.09. The van der Waals surface area contributed by atoms with Crippen molar-refractivity contribution in [1.82, 2.24) is 20.0 Å². The SMILES string of the molecule is CCN(CC)CCNC(=O)c1ccc(NC(=O)C2CCN(c3cnn(C)c(=O)c3)CC2)cc1. The summed E-state index contributed by atoms with van der Waals surface area (Å²) >= 11 is 0. The van der Waals surface area contributed by atoms with E-state index in [1.165, 1.54) is 4.68 Å². The lowest BCUT2D eigenvalue weighted by atomic mass is 9.95. The highest BCUT2D eigenvalue weighted by Crippen LogP contribution is 2.23. The molecule has 1 aliphatic rings. The number of hydrogen-bond donors (Lipinski definition) is 2. The molecule has 1 fully saturated rings. The minimum Gasteiger partial charge on any atom is -0.370 e. The summed E-state index contributed by atoms with van der Waals surface area (Å²) in [6, 6.07) is 8.56. The van der Waals surface area contributed by atoms with Crippen LogP contribution in [0.2, 0.25) is 0 Å². The minimum absolute atomic E-state index is 0.0202. The molecule has 9 nitrogen and oxygen atoms in total. The zero-order valence-electron chi connectivity index (χ0n) is 19.7. The van der Waals surface area contributed by atoms with E-state index in [4.69, 9.17) is 0 Å². The Morgan fingerprint density at radius 1 is 1.12 bits per heavy atom. The summed E-state index contributed by atoms with van der Waals surface area (Å²) in [7, 11) is 1.62. The minimum atomic E-state index is -0.145. The van der Waals surface area contributed by atoms with Crippen LogP contribution in [0, 0.1) is 5.92 Å². The molecule has 2 amide bonds. The zero-order valence-corrected chi connectivity index (χ0v) is 19.7. The van der Waals surface area contributed by atoms with Gasteiger partial charge in [-0.05, 0) is 50.2 Å². The molecular weight excluding hydrogens is 420 g/mol. The van der Waals surface area contributed by atoms with Gasteiger partial charge in [0.05, 0.1) is 11.9 Å². The molecule has 0 spiro atoms. The third-order valence-corrected chi connectivity index (χ3v) is 6.21. The van der Waals surface area contributed by atoms with Gasteiger partial charge in [-0.1, -0.05) is 13.8 Å². The summed E-state index contributed by atoms with van der Waals surface area (Å²) in [5.41, 5.74) is 1.90. The fourth-order valence-electron chi connectivity index (χ4n) is 3.95. The molecule has 178 valence electrons. The Labute approximate surface area is 194 Å². The van der Waals surface area contributed by atoms with E-state index in [0.29, 0.717) is 43.7 Å². The maximum Gasteiger partial charge on any atom is 0.268 e. The van der Waals surface area contributed by atoms with Crippen molar-refractivity contribution < 1.29 is 9.59 Å². The van der Waals surface area contributed by atoms with Gasteiger partial charge in [0, 0.05) is 56.5 Å². The van der Waals surface area contributed by atoms with Crippen molar-refractivity contribution in [3.63, 3.8) is 0 Å². The number of rotatable bonds is 9. The van der Waals surface area contributed by atoms with Crippen molar-refractivity contribution in [1.29, 1.82) is 0 Å². The first-order valence-electron chi connectivity index (χ1n) is 11.6. The molecule has 3 rings (SSSR count). The summed E-state index contributed by atoms with van der Waals surface area (Å²) < 4.78 is 1.30. The van der Waals surface area contributed by atoms with Crippen LogP contribution in [0.1, 0.15) is 37.0 Å². The van der Waals surface area contributed by atoms with Gasteiger partial charge in [-0.3, -0.25) is 14.4 Å². The van der Waals surface area contributed by atoms with Gasteiger partial charge in [0.25, 0.3) is 11.5 Å². The molecule has 0 radical (unpaired) electrons. The Kier molecular flexibility index (Phi) is 8.59. The van der Waals surface area contributed by atoms with E-state index >= 15 is 0 Å². The van der Waals surface area contributed by atoms with Gasteiger partial charge in [-0.25, -0.2) is 4.68 Å². The quantitative estimate of drug-likeness (QED) is 0.598. The Bertz CT molecular complexity index is 992. The van der Waals surface area contributed by atoms with Crippen LogP contribution < -0.4 is 21.1 Å². The number of piperidine rings is 1. The van der Waals surface area contributed by atoms with Crippen LogP contribution in [0.4, 0.5) is 11.4 Å². The molecule has 1 aliphatic heterocycles. The van der Waals surface area contributed by atoms with Crippen molar-refractivity contribution in [3.8, 4) is 0 Å². The second kappa shape index (κ2) is 11.6. The van der Waals surface area contributed by atoms with Crippen molar-refractivity contribution in [2.75, 3.05) is 49.5 Å². The van der Waals surface area contributed by atoms with E-state index in [9.17, 15) is 14.4 Å². The fraction of sp³-hybridized carbons (Fsp3) is 0.500. The molecule has 1 aromatic heterocycles. The lowest BCUT2D eigenvalue weighted by molar-refractivity contribution is -0.120. The van der Waals surface area contributed by atoms with E-state index in [0.717, 1.165) is 25.3 Å². The Balaban J connectivity index is 1.46. The average molecular weight is 455 g/mol. The molecule has 1 aromatic carbocycles. The highest BCUT2D eigenvalue weighted by Gasteiger charge is 2.25. The normalized spacial score (nSPS) is 14.4. The van der Waals surface area contributed by atoms with Gasteiger partial charge in [0.15, 0.2) is 0 Å². The summed E-state index contributed by atoms with van der Waals surface area (Å²) in [4.78, 5) is 41.2. The maximum absolute atomic E-state index is 12.7. The molecular formula is C24H34N6O3. The third-order valence-electron chi connectivity index (χ3n) is 6.21. The molecule has 2 N–H and O–H groups in total. The van der Waals surface area contributed by atoms with Crippen LogP contribution in [-0.2, 0) is 11.8 Å². The second-order valence-electron chi connectivity index (χ2n) is 8.29.